The van der Waals surface area contributed by atoms with Crippen molar-refractivity contribution in [2.24, 2.45) is 0 Å². The highest BCUT2D eigenvalue weighted by Crippen LogP contribution is 2.41. The van der Waals surface area contributed by atoms with Crippen molar-refractivity contribution >= 4 is 5.91 Å². The number of nitrogens with one attached hydrogen (secondary N) is 2. The van der Waals surface area contributed by atoms with Gasteiger partial charge in [-0.2, -0.15) is 0 Å². The first-order valence-corrected chi connectivity index (χ1v) is 8.88. The number of hydrogen-bond donors (Lipinski definition) is 2. The first-order valence-electron chi connectivity index (χ1n) is 8.88. The monoisotopic (exact) mass is 337 g/mol. The fourth-order valence-corrected chi connectivity index (χ4v) is 3.81. The zero-order valence-electron chi connectivity index (χ0n) is 15.3. The van der Waals surface area contributed by atoms with Crippen LogP contribution in [-0.4, -0.2) is 38.0 Å². The number of benzene rings is 2. The molecule has 0 spiro atoms. The molecule has 4 heteroatoms. The number of carbonyl (C=O) groups is 1. The highest BCUT2D eigenvalue weighted by atomic mass is 16.2. The molecule has 132 valence electrons. The molecule has 0 unspecified atom stereocenters. The summed E-state index contributed by atoms with van der Waals surface area (Å²) >= 11 is 0. The molecule has 1 fully saturated rings. The number of amides is 1. The third-order valence-electron chi connectivity index (χ3n) is 5.35. The van der Waals surface area contributed by atoms with Crippen LogP contribution in [0.1, 0.15) is 39.9 Å². The van der Waals surface area contributed by atoms with Gasteiger partial charge in [-0.3, -0.25) is 10.2 Å². The third kappa shape index (κ3) is 3.60. The SMILES string of the molecule is CNNC(=O)c1ccc(C2(c3cccc(C)c3)CCN(C)CC2)cc1. The Hall–Kier alpha value is -2.17. The Morgan fingerprint density at radius 2 is 1.72 bits per heavy atom. The van der Waals surface area contributed by atoms with E-state index in [2.05, 4.69) is 66.1 Å². The van der Waals surface area contributed by atoms with E-state index in [0.29, 0.717) is 5.56 Å². The molecule has 2 N–H and O–H groups in total. The highest BCUT2D eigenvalue weighted by Gasteiger charge is 2.37. The van der Waals surface area contributed by atoms with Crippen molar-refractivity contribution in [3.05, 3.63) is 70.8 Å². The standard InChI is InChI=1S/C21H27N3O/c1-16-5-4-6-19(15-16)21(11-13-24(3)14-12-21)18-9-7-17(8-10-18)20(25)23-22-2/h4-10,15,22H,11-14H2,1-3H3,(H,23,25). The average molecular weight is 337 g/mol. The zero-order valence-corrected chi connectivity index (χ0v) is 15.3. The first kappa shape index (κ1) is 17.6. The molecule has 0 atom stereocenters. The van der Waals surface area contributed by atoms with Crippen molar-refractivity contribution in [3.63, 3.8) is 0 Å². The van der Waals surface area contributed by atoms with Crippen LogP contribution >= 0.6 is 0 Å². The smallest absolute Gasteiger partial charge is 0.265 e. The predicted molar refractivity (Wildman–Crippen MR) is 102 cm³/mol. The molecule has 1 saturated heterocycles. The van der Waals surface area contributed by atoms with Crippen molar-refractivity contribution in [2.75, 3.05) is 27.2 Å². The molecule has 1 amide bonds. The summed E-state index contributed by atoms with van der Waals surface area (Å²) in [6.45, 7) is 4.31. The second-order valence-corrected chi connectivity index (χ2v) is 7.04. The molecule has 0 aromatic heterocycles. The van der Waals surface area contributed by atoms with Gasteiger partial charge in [0.1, 0.15) is 0 Å². The summed E-state index contributed by atoms with van der Waals surface area (Å²) in [6, 6.07) is 17.0. The third-order valence-corrected chi connectivity index (χ3v) is 5.35. The fourth-order valence-electron chi connectivity index (χ4n) is 3.81. The maximum absolute atomic E-state index is 12.0. The van der Waals surface area contributed by atoms with Gasteiger partial charge >= 0.3 is 0 Å². The molecule has 0 saturated carbocycles. The van der Waals surface area contributed by atoms with E-state index < -0.39 is 0 Å². The molecule has 0 radical (unpaired) electrons. The minimum atomic E-state index is -0.109. The van der Waals surface area contributed by atoms with Crippen LogP contribution in [0.4, 0.5) is 0 Å². The molecular weight excluding hydrogens is 310 g/mol. The fraction of sp³-hybridized carbons (Fsp3) is 0.381. The number of nitrogens with zero attached hydrogens (tertiary/aromatic N) is 1. The Labute approximate surface area is 150 Å². The van der Waals surface area contributed by atoms with E-state index in [1.54, 1.807) is 7.05 Å². The lowest BCUT2D eigenvalue weighted by atomic mass is 9.68. The van der Waals surface area contributed by atoms with E-state index in [4.69, 9.17) is 0 Å². The normalized spacial score (nSPS) is 17.2. The summed E-state index contributed by atoms with van der Waals surface area (Å²) in [5, 5.41) is 0. The predicted octanol–water partition coefficient (Wildman–Crippen LogP) is 2.87. The van der Waals surface area contributed by atoms with E-state index >= 15 is 0 Å². The van der Waals surface area contributed by atoms with Crippen LogP contribution in [0, 0.1) is 6.92 Å². The van der Waals surface area contributed by atoms with Crippen LogP contribution in [0.2, 0.25) is 0 Å². The van der Waals surface area contributed by atoms with Gasteiger partial charge in [0.2, 0.25) is 0 Å². The maximum Gasteiger partial charge on any atom is 0.265 e. The van der Waals surface area contributed by atoms with Gasteiger partial charge in [-0.25, -0.2) is 5.43 Å². The van der Waals surface area contributed by atoms with E-state index in [1.165, 1.54) is 16.7 Å². The maximum atomic E-state index is 12.0. The van der Waals surface area contributed by atoms with E-state index in [1.807, 2.05) is 12.1 Å². The van der Waals surface area contributed by atoms with Crippen LogP contribution in [0.5, 0.6) is 0 Å². The number of likely N-dealkylation sites (tertiary alicyclic amines) is 1. The Morgan fingerprint density at radius 1 is 1.04 bits per heavy atom. The number of rotatable bonds is 4. The molecule has 1 aliphatic heterocycles. The first-order chi connectivity index (χ1) is 12.0. The number of carbonyl (C=O) groups excluding carboxylic acids is 1. The van der Waals surface area contributed by atoms with Crippen LogP contribution in [0.15, 0.2) is 48.5 Å². The Morgan fingerprint density at radius 3 is 2.32 bits per heavy atom. The van der Waals surface area contributed by atoms with E-state index in [0.717, 1.165) is 25.9 Å². The lowest BCUT2D eigenvalue weighted by Gasteiger charge is -2.42. The van der Waals surface area contributed by atoms with Gasteiger partial charge < -0.3 is 4.90 Å². The number of aryl methyl sites for hydroxylation is 1. The van der Waals surface area contributed by atoms with Crippen LogP contribution in [-0.2, 0) is 5.41 Å². The van der Waals surface area contributed by atoms with Gasteiger partial charge in [0.15, 0.2) is 0 Å². The van der Waals surface area contributed by atoms with E-state index in [-0.39, 0.29) is 11.3 Å². The second kappa shape index (κ2) is 7.38. The quantitative estimate of drug-likeness (QED) is 0.843. The second-order valence-electron chi connectivity index (χ2n) is 7.04. The summed E-state index contributed by atoms with van der Waals surface area (Å²) in [5.41, 5.74) is 9.97. The molecule has 1 aliphatic rings. The Kier molecular flexibility index (Phi) is 5.21. The lowest BCUT2D eigenvalue weighted by Crippen LogP contribution is -2.41. The molecule has 25 heavy (non-hydrogen) atoms. The van der Waals surface area contributed by atoms with Crippen molar-refractivity contribution in [3.8, 4) is 0 Å². The van der Waals surface area contributed by atoms with Crippen molar-refractivity contribution in [1.82, 2.24) is 15.8 Å². The van der Waals surface area contributed by atoms with Crippen LogP contribution in [0.25, 0.3) is 0 Å². The van der Waals surface area contributed by atoms with Crippen LogP contribution < -0.4 is 10.9 Å². The van der Waals surface area contributed by atoms with Crippen molar-refractivity contribution < 1.29 is 4.79 Å². The van der Waals surface area contributed by atoms with Gasteiger partial charge in [-0.05, 0) is 63.2 Å². The molecule has 0 aliphatic carbocycles. The Balaban J connectivity index is 1.99. The Bertz CT molecular complexity index is 731. The van der Waals surface area contributed by atoms with E-state index in [9.17, 15) is 4.79 Å². The van der Waals surface area contributed by atoms with Gasteiger partial charge in [0, 0.05) is 18.0 Å². The summed E-state index contributed by atoms with van der Waals surface area (Å²) in [4.78, 5) is 14.4. The molecular formula is C21H27N3O. The molecule has 2 aromatic rings. The summed E-state index contributed by atoms with van der Waals surface area (Å²) in [7, 11) is 3.88. The summed E-state index contributed by atoms with van der Waals surface area (Å²) in [6.07, 6.45) is 2.18. The zero-order chi connectivity index (χ0) is 17.9. The van der Waals surface area contributed by atoms with Crippen molar-refractivity contribution in [1.29, 1.82) is 0 Å². The van der Waals surface area contributed by atoms with Crippen LogP contribution in [0.3, 0.4) is 0 Å². The summed E-state index contributed by atoms with van der Waals surface area (Å²) in [5.74, 6) is -0.109. The van der Waals surface area contributed by atoms with Gasteiger partial charge in [0.25, 0.3) is 5.91 Å². The lowest BCUT2D eigenvalue weighted by molar-refractivity contribution is 0.0938. The number of hydrogen-bond acceptors (Lipinski definition) is 3. The molecule has 2 aromatic carbocycles. The summed E-state index contributed by atoms with van der Waals surface area (Å²) < 4.78 is 0. The number of hydrazine groups is 1. The minimum absolute atomic E-state index is 0.0243. The average Bonchev–Trinajstić information content (AvgIpc) is 2.63. The highest BCUT2D eigenvalue weighted by molar-refractivity contribution is 5.93. The largest absolute Gasteiger partial charge is 0.306 e. The van der Waals surface area contributed by atoms with Crippen molar-refractivity contribution in [2.45, 2.75) is 25.2 Å². The molecule has 1 heterocycles. The minimum Gasteiger partial charge on any atom is -0.306 e. The van der Waals surface area contributed by atoms with Gasteiger partial charge in [-0.15, -0.1) is 0 Å². The van der Waals surface area contributed by atoms with Gasteiger partial charge in [-0.1, -0.05) is 42.0 Å². The molecule has 3 rings (SSSR count). The topological polar surface area (TPSA) is 44.4 Å². The molecule has 0 bridgehead atoms. The number of piperidine rings is 1. The van der Waals surface area contributed by atoms with Gasteiger partial charge in [0.05, 0.1) is 0 Å². The molecule has 4 nitrogen and oxygen atoms in total.